The number of halogens is 1. The van der Waals surface area contributed by atoms with Gasteiger partial charge in [0.05, 0.1) is 35.6 Å². The summed E-state index contributed by atoms with van der Waals surface area (Å²) in [7, 11) is 0. The summed E-state index contributed by atoms with van der Waals surface area (Å²) in [5, 5.41) is 16.0. The molecule has 2 unspecified atom stereocenters. The van der Waals surface area contributed by atoms with E-state index < -0.39 is 6.10 Å². The lowest BCUT2D eigenvalue weighted by Gasteiger charge is -2.45. The number of hydrogen-bond acceptors (Lipinski definition) is 7. The van der Waals surface area contributed by atoms with Gasteiger partial charge >= 0.3 is 0 Å². The molecule has 0 bridgehead atoms. The Kier molecular flexibility index (Phi) is 6.52. The lowest BCUT2D eigenvalue weighted by molar-refractivity contribution is -0.123. The maximum absolute atomic E-state index is 13.0. The molecule has 3 fully saturated rings. The van der Waals surface area contributed by atoms with Gasteiger partial charge in [-0.3, -0.25) is 14.7 Å². The normalized spacial score (nSPS) is 28.3. The summed E-state index contributed by atoms with van der Waals surface area (Å²) < 4.78 is 5.53. The maximum Gasteiger partial charge on any atom is 0.229 e. The van der Waals surface area contributed by atoms with Crippen LogP contribution in [-0.4, -0.2) is 76.9 Å². The van der Waals surface area contributed by atoms with E-state index in [1.54, 1.807) is 12.4 Å². The first-order valence-corrected chi connectivity index (χ1v) is 13.4. The van der Waals surface area contributed by atoms with Crippen LogP contribution in [0, 0.1) is 5.92 Å². The molecular formula is C28H32ClN5O3. The Balaban J connectivity index is 1.16. The number of aliphatic hydroxyl groups excluding tert-OH is 1. The first-order chi connectivity index (χ1) is 17.9. The standard InChI is InChI=1S/C28H32ClN5O3/c1-28(17-37-16-25(28)35)34-10-8-33(9-11-34)24-13-18-14-26(31-15-19(18)12-22(24)29)32-27(36)21-6-5-20(21)23-4-2-3-7-30-23/h2-4,7,12-15,20-21,25,35H,5-6,8-11,16-17H2,1H3,(H,31,32,36)/t20?,21?,25-,28+/m1/s1. The molecule has 0 radical (unpaired) electrons. The number of aromatic nitrogens is 2. The van der Waals surface area contributed by atoms with Crippen molar-refractivity contribution in [3.8, 4) is 0 Å². The van der Waals surface area contributed by atoms with Gasteiger partial charge in [-0.2, -0.15) is 0 Å². The number of ether oxygens (including phenoxy) is 1. The Morgan fingerprint density at radius 1 is 1.14 bits per heavy atom. The van der Waals surface area contributed by atoms with E-state index in [1.165, 1.54) is 0 Å². The number of nitrogens with one attached hydrogen (secondary N) is 1. The van der Waals surface area contributed by atoms with E-state index in [1.807, 2.05) is 30.3 Å². The highest BCUT2D eigenvalue weighted by molar-refractivity contribution is 6.34. The van der Waals surface area contributed by atoms with Crippen molar-refractivity contribution in [2.24, 2.45) is 5.92 Å². The van der Waals surface area contributed by atoms with Gasteiger partial charge < -0.3 is 20.1 Å². The predicted octanol–water partition coefficient (Wildman–Crippen LogP) is 3.69. The van der Waals surface area contributed by atoms with Crippen molar-refractivity contribution in [2.45, 2.75) is 37.3 Å². The van der Waals surface area contributed by atoms with Gasteiger partial charge in [-0.15, -0.1) is 0 Å². The minimum atomic E-state index is -0.469. The van der Waals surface area contributed by atoms with E-state index in [2.05, 4.69) is 38.1 Å². The molecule has 6 rings (SSSR count). The second-order valence-electron chi connectivity index (χ2n) is 10.6. The van der Waals surface area contributed by atoms with Crippen LogP contribution in [0.15, 0.2) is 48.8 Å². The van der Waals surface area contributed by atoms with E-state index in [4.69, 9.17) is 16.3 Å². The largest absolute Gasteiger partial charge is 0.389 e. The molecular weight excluding hydrogens is 490 g/mol. The Hall–Kier alpha value is -2.78. The number of amides is 1. The van der Waals surface area contributed by atoms with E-state index in [-0.39, 0.29) is 23.3 Å². The number of nitrogens with zero attached hydrogens (tertiary/aromatic N) is 4. The summed E-state index contributed by atoms with van der Waals surface area (Å²) in [4.78, 5) is 26.6. The Morgan fingerprint density at radius 3 is 2.65 bits per heavy atom. The molecule has 37 heavy (non-hydrogen) atoms. The van der Waals surface area contributed by atoms with E-state index in [9.17, 15) is 9.90 Å². The van der Waals surface area contributed by atoms with Gasteiger partial charge in [0.2, 0.25) is 5.91 Å². The van der Waals surface area contributed by atoms with Gasteiger partial charge in [0.25, 0.3) is 0 Å². The Labute approximate surface area is 221 Å². The van der Waals surface area contributed by atoms with Crippen LogP contribution in [0.5, 0.6) is 0 Å². The molecule has 3 aliphatic rings. The number of benzene rings is 1. The first kappa shape index (κ1) is 24.6. The van der Waals surface area contributed by atoms with Crippen molar-refractivity contribution >= 4 is 39.8 Å². The van der Waals surface area contributed by atoms with E-state index >= 15 is 0 Å². The second-order valence-corrected chi connectivity index (χ2v) is 11.0. The number of fused-ring (bicyclic) bond motifs is 1. The fourth-order valence-electron chi connectivity index (χ4n) is 5.86. The highest BCUT2D eigenvalue weighted by Crippen LogP contribution is 2.42. The van der Waals surface area contributed by atoms with Gasteiger partial charge in [-0.25, -0.2) is 4.98 Å². The van der Waals surface area contributed by atoms with Gasteiger partial charge in [-0.1, -0.05) is 17.7 Å². The fraction of sp³-hybridized carbons (Fsp3) is 0.464. The number of rotatable bonds is 5. The quantitative estimate of drug-likeness (QED) is 0.529. The zero-order valence-electron chi connectivity index (χ0n) is 20.9. The predicted molar refractivity (Wildman–Crippen MR) is 144 cm³/mol. The van der Waals surface area contributed by atoms with Crippen LogP contribution >= 0.6 is 11.6 Å². The third-order valence-corrected chi connectivity index (χ3v) is 8.75. The molecule has 2 aromatic heterocycles. The fourth-order valence-corrected chi connectivity index (χ4v) is 6.15. The molecule has 1 aromatic carbocycles. The molecule has 1 amide bonds. The van der Waals surface area contributed by atoms with Crippen LogP contribution in [-0.2, 0) is 9.53 Å². The van der Waals surface area contributed by atoms with Crippen LogP contribution in [0.4, 0.5) is 11.5 Å². The van der Waals surface area contributed by atoms with Crippen LogP contribution in [0.2, 0.25) is 5.02 Å². The lowest BCUT2D eigenvalue weighted by Crippen LogP contribution is -2.60. The SMILES string of the molecule is C[C@]1(N2CCN(c3cc4cc(NC(=O)C5CCC5c5ccccn5)ncc4cc3Cl)CC2)COC[C@H]1O. The van der Waals surface area contributed by atoms with Crippen LogP contribution in [0.3, 0.4) is 0 Å². The summed E-state index contributed by atoms with van der Waals surface area (Å²) in [6, 6.07) is 11.8. The molecule has 4 atom stereocenters. The van der Waals surface area contributed by atoms with E-state index in [0.29, 0.717) is 24.1 Å². The van der Waals surface area contributed by atoms with Crippen molar-refractivity contribution in [1.82, 2.24) is 14.9 Å². The highest BCUT2D eigenvalue weighted by Gasteiger charge is 2.44. The third-order valence-electron chi connectivity index (χ3n) is 8.45. The van der Waals surface area contributed by atoms with Gasteiger partial charge in [0.15, 0.2) is 0 Å². The first-order valence-electron chi connectivity index (χ1n) is 13.0. The van der Waals surface area contributed by atoms with Gasteiger partial charge in [0, 0.05) is 61.5 Å². The topological polar surface area (TPSA) is 90.8 Å². The molecule has 9 heteroatoms. The maximum atomic E-state index is 13.0. The molecule has 2 N–H and O–H groups in total. The van der Waals surface area contributed by atoms with Crippen molar-refractivity contribution < 1.29 is 14.6 Å². The number of hydrogen-bond donors (Lipinski definition) is 2. The van der Waals surface area contributed by atoms with Crippen LogP contribution in [0.25, 0.3) is 10.8 Å². The number of pyridine rings is 2. The molecule has 1 saturated carbocycles. The Morgan fingerprint density at radius 2 is 1.97 bits per heavy atom. The monoisotopic (exact) mass is 521 g/mol. The van der Waals surface area contributed by atoms with Gasteiger partial charge in [-0.05, 0) is 55.5 Å². The third kappa shape index (κ3) is 4.56. The summed E-state index contributed by atoms with van der Waals surface area (Å²) in [5.74, 6) is 0.607. The van der Waals surface area contributed by atoms with Crippen molar-refractivity contribution in [2.75, 3.05) is 49.6 Å². The molecule has 2 aliphatic heterocycles. The summed E-state index contributed by atoms with van der Waals surface area (Å²) in [6.07, 6.45) is 4.90. The number of aliphatic hydroxyl groups is 1. The second kappa shape index (κ2) is 9.83. The van der Waals surface area contributed by atoms with Gasteiger partial charge in [0.1, 0.15) is 5.82 Å². The van der Waals surface area contributed by atoms with Crippen molar-refractivity contribution in [1.29, 1.82) is 0 Å². The average molecular weight is 522 g/mol. The molecule has 4 heterocycles. The minimum absolute atomic E-state index is 0.00867. The summed E-state index contributed by atoms with van der Waals surface area (Å²) in [5.41, 5.74) is 1.61. The smallest absolute Gasteiger partial charge is 0.229 e. The van der Waals surface area contributed by atoms with Crippen LogP contribution in [0.1, 0.15) is 31.4 Å². The summed E-state index contributed by atoms with van der Waals surface area (Å²) >= 11 is 6.70. The van der Waals surface area contributed by atoms with Crippen LogP contribution < -0.4 is 10.2 Å². The van der Waals surface area contributed by atoms with Crippen molar-refractivity contribution in [3.05, 3.63) is 59.5 Å². The summed E-state index contributed by atoms with van der Waals surface area (Å²) in [6.45, 7) is 6.27. The zero-order valence-corrected chi connectivity index (χ0v) is 21.7. The molecule has 1 aliphatic carbocycles. The van der Waals surface area contributed by atoms with E-state index in [0.717, 1.165) is 61.2 Å². The molecule has 2 saturated heterocycles. The van der Waals surface area contributed by atoms with Crippen molar-refractivity contribution in [3.63, 3.8) is 0 Å². The zero-order chi connectivity index (χ0) is 25.6. The molecule has 3 aromatic rings. The number of piperazine rings is 1. The number of anilines is 2. The molecule has 8 nitrogen and oxygen atoms in total. The highest BCUT2D eigenvalue weighted by atomic mass is 35.5. The number of carbonyl (C=O) groups is 1. The Bertz CT molecular complexity index is 1300. The molecule has 194 valence electrons. The lowest BCUT2D eigenvalue weighted by atomic mass is 9.71. The molecule has 0 spiro atoms. The average Bonchev–Trinajstić information content (AvgIpc) is 3.23. The minimum Gasteiger partial charge on any atom is -0.389 e. The number of carbonyl (C=O) groups excluding carboxylic acids is 1.